The topological polar surface area (TPSA) is 102 Å². The minimum Gasteiger partial charge on any atom is -0.457 e. The van der Waals surface area contributed by atoms with E-state index in [-0.39, 0.29) is 5.91 Å². The number of H-pyrrole nitrogens is 1. The molecule has 1 fully saturated rings. The number of nitrogens with zero attached hydrogens (tertiary/aromatic N) is 4. The van der Waals surface area contributed by atoms with E-state index in [2.05, 4.69) is 26.4 Å². The quantitative estimate of drug-likeness (QED) is 0.446. The van der Waals surface area contributed by atoms with E-state index in [9.17, 15) is 4.79 Å². The number of hydrogen-bond donors (Lipinski definition) is 2. The van der Waals surface area contributed by atoms with Crippen LogP contribution in [0.5, 0.6) is 11.5 Å². The van der Waals surface area contributed by atoms with Crippen molar-refractivity contribution < 1.29 is 9.53 Å². The second kappa shape index (κ2) is 8.84. The van der Waals surface area contributed by atoms with Crippen molar-refractivity contribution in [2.75, 3.05) is 19.6 Å². The number of likely N-dealkylation sites (tertiary alicyclic amines) is 1. The Balaban J connectivity index is 1.20. The van der Waals surface area contributed by atoms with Gasteiger partial charge in [-0.15, -0.1) is 0 Å². The van der Waals surface area contributed by atoms with Crippen molar-refractivity contribution >= 4 is 16.8 Å². The number of fused-ring (bicyclic) bond motifs is 1. The number of amides is 1. The van der Waals surface area contributed by atoms with Gasteiger partial charge in [0.1, 0.15) is 11.5 Å². The molecule has 3 N–H and O–H groups in total. The minimum atomic E-state index is -0.207. The van der Waals surface area contributed by atoms with Crippen LogP contribution in [0, 0.1) is 5.92 Å². The molecular weight excluding hydrogens is 404 g/mol. The number of carbonyl (C=O) groups is 1. The summed E-state index contributed by atoms with van der Waals surface area (Å²) in [5.41, 5.74) is 8.31. The monoisotopic (exact) mass is 430 g/mol. The van der Waals surface area contributed by atoms with Gasteiger partial charge in [-0.3, -0.25) is 14.6 Å². The van der Waals surface area contributed by atoms with Crippen molar-refractivity contribution in [3.05, 3.63) is 60.9 Å². The van der Waals surface area contributed by atoms with E-state index < -0.39 is 0 Å². The molecule has 32 heavy (non-hydrogen) atoms. The Hall–Kier alpha value is -3.65. The van der Waals surface area contributed by atoms with Gasteiger partial charge in [-0.2, -0.15) is 10.2 Å². The Morgan fingerprint density at radius 1 is 1.12 bits per heavy atom. The summed E-state index contributed by atoms with van der Waals surface area (Å²) >= 11 is 0. The molecule has 3 heterocycles. The molecule has 0 spiro atoms. The molecule has 1 aliphatic rings. The van der Waals surface area contributed by atoms with Gasteiger partial charge in [0.2, 0.25) is 5.91 Å². The Labute approximate surface area is 186 Å². The molecule has 1 amide bonds. The van der Waals surface area contributed by atoms with Gasteiger partial charge in [0.05, 0.1) is 17.8 Å². The zero-order chi connectivity index (χ0) is 21.9. The van der Waals surface area contributed by atoms with Gasteiger partial charge in [0.25, 0.3) is 0 Å². The molecular formula is C24H26N6O2. The molecule has 0 saturated carbocycles. The number of primary amides is 1. The molecule has 8 heteroatoms. The van der Waals surface area contributed by atoms with Crippen molar-refractivity contribution in [3.8, 4) is 22.8 Å². The van der Waals surface area contributed by atoms with Crippen molar-refractivity contribution in [3.63, 3.8) is 0 Å². The van der Waals surface area contributed by atoms with Crippen LogP contribution in [0.2, 0.25) is 0 Å². The van der Waals surface area contributed by atoms with Crippen molar-refractivity contribution in [1.29, 1.82) is 0 Å². The SMILES string of the molecule is NC(=O)C[C@H]1CCN(CCn2cc3cc(Oc4ccc(-c5ccn[nH]5)cc4)ccc3n2)C1. The summed E-state index contributed by atoms with van der Waals surface area (Å²) in [5.74, 6) is 1.74. The number of hydrogen-bond acceptors (Lipinski definition) is 5. The number of aromatic nitrogens is 4. The molecule has 0 aliphatic carbocycles. The average Bonchev–Trinajstić information content (AvgIpc) is 3.53. The van der Waals surface area contributed by atoms with Crippen LogP contribution in [-0.4, -0.2) is 50.4 Å². The summed E-state index contributed by atoms with van der Waals surface area (Å²) in [6.07, 6.45) is 5.31. The second-order valence-corrected chi connectivity index (χ2v) is 8.34. The molecule has 2 aromatic carbocycles. The predicted molar refractivity (Wildman–Crippen MR) is 122 cm³/mol. The van der Waals surface area contributed by atoms with E-state index in [4.69, 9.17) is 10.5 Å². The third-order valence-electron chi connectivity index (χ3n) is 5.93. The fourth-order valence-corrected chi connectivity index (χ4v) is 4.30. The third kappa shape index (κ3) is 4.65. The molecule has 164 valence electrons. The number of nitrogens with one attached hydrogen (secondary N) is 1. The molecule has 0 radical (unpaired) electrons. The summed E-state index contributed by atoms with van der Waals surface area (Å²) in [4.78, 5) is 13.5. The normalized spacial score (nSPS) is 16.6. The lowest BCUT2D eigenvalue weighted by Gasteiger charge is -2.15. The summed E-state index contributed by atoms with van der Waals surface area (Å²) < 4.78 is 8.03. The Morgan fingerprint density at radius 2 is 1.97 bits per heavy atom. The van der Waals surface area contributed by atoms with Gasteiger partial charge >= 0.3 is 0 Å². The second-order valence-electron chi connectivity index (χ2n) is 8.34. The highest BCUT2D eigenvalue weighted by molar-refractivity contribution is 5.79. The van der Waals surface area contributed by atoms with Crippen molar-refractivity contribution in [2.24, 2.45) is 11.7 Å². The number of benzene rings is 2. The summed E-state index contributed by atoms with van der Waals surface area (Å²) in [7, 11) is 0. The molecule has 2 aromatic heterocycles. The van der Waals surface area contributed by atoms with E-state index >= 15 is 0 Å². The van der Waals surface area contributed by atoms with E-state index in [1.165, 1.54) is 0 Å². The number of carbonyl (C=O) groups excluding carboxylic acids is 1. The van der Waals surface area contributed by atoms with Crippen LogP contribution in [-0.2, 0) is 11.3 Å². The highest BCUT2D eigenvalue weighted by Gasteiger charge is 2.23. The Morgan fingerprint density at radius 3 is 2.75 bits per heavy atom. The average molecular weight is 431 g/mol. The van der Waals surface area contributed by atoms with E-state index in [0.717, 1.165) is 66.3 Å². The maximum Gasteiger partial charge on any atom is 0.217 e. The largest absolute Gasteiger partial charge is 0.457 e. The zero-order valence-corrected chi connectivity index (χ0v) is 17.8. The van der Waals surface area contributed by atoms with Crippen LogP contribution in [0.15, 0.2) is 60.9 Å². The van der Waals surface area contributed by atoms with Crippen LogP contribution >= 0.6 is 0 Å². The van der Waals surface area contributed by atoms with Crippen LogP contribution < -0.4 is 10.5 Å². The lowest BCUT2D eigenvalue weighted by molar-refractivity contribution is -0.118. The summed E-state index contributed by atoms with van der Waals surface area (Å²) in [5, 5.41) is 12.7. The molecule has 1 atom stereocenters. The van der Waals surface area contributed by atoms with Crippen LogP contribution in [0.3, 0.4) is 0 Å². The van der Waals surface area contributed by atoms with Gasteiger partial charge < -0.3 is 15.4 Å². The minimum absolute atomic E-state index is 0.207. The number of ether oxygens (including phenoxy) is 1. The van der Waals surface area contributed by atoms with Crippen LogP contribution in [0.25, 0.3) is 22.2 Å². The molecule has 0 unspecified atom stereocenters. The van der Waals surface area contributed by atoms with Gasteiger partial charge in [0, 0.05) is 37.3 Å². The van der Waals surface area contributed by atoms with Crippen LogP contribution in [0.4, 0.5) is 0 Å². The Bertz CT molecular complexity index is 1200. The maximum atomic E-state index is 11.1. The fraction of sp³-hybridized carbons (Fsp3) is 0.292. The fourth-order valence-electron chi connectivity index (χ4n) is 4.30. The van der Waals surface area contributed by atoms with Gasteiger partial charge in [-0.05, 0) is 73.0 Å². The van der Waals surface area contributed by atoms with E-state index in [1.54, 1.807) is 6.20 Å². The highest BCUT2D eigenvalue weighted by atomic mass is 16.5. The van der Waals surface area contributed by atoms with Gasteiger partial charge in [-0.1, -0.05) is 0 Å². The van der Waals surface area contributed by atoms with Crippen molar-refractivity contribution in [1.82, 2.24) is 24.9 Å². The first-order valence-corrected chi connectivity index (χ1v) is 10.9. The summed E-state index contributed by atoms with van der Waals surface area (Å²) in [6, 6.07) is 15.8. The summed E-state index contributed by atoms with van der Waals surface area (Å²) in [6.45, 7) is 3.66. The first kappa shape index (κ1) is 20.3. The number of nitrogens with two attached hydrogens (primary N) is 1. The lowest BCUT2D eigenvalue weighted by Crippen LogP contribution is -2.26. The maximum absolute atomic E-state index is 11.1. The highest BCUT2D eigenvalue weighted by Crippen LogP contribution is 2.27. The van der Waals surface area contributed by atoms with Crippen LogP contribution in [0.1, 0.15) is 12.8 Å². The lowest BCUT2D eigenvalue weighted by atomic mass is 10.1. The number of aromatic amines is 1. The smallest absolute Gasteiger partial charge is 0.217 e. The zero-order valence-electron chi connectivity index (χ0n) is 17.8. The standard InChI is InChI=1S/C24H26N6O2/c25-24(31)13-17-8-10-29(15-17)11-12-30-16-19-14-21(5-6-23(19)28-30)32-20-3-1-18(2-4-20)22-7-9-26-27-22/h1-7,9,14,16-17H,8,10-13,15H2,(H2,25,31)(H,26,27)/t17-/m1/s1. The molecule has 4 aromatic rings. The molecule has 1 saturated heterocycles. The van der Waals surface area contributed by atoms with Gasteiger partial charge in [-0.25, -0.2) is 0 Å². The molecule has 8 nitrogen and oxygen atoms in total. The molecule has 5 rings (SSSR count). The van der Waals surface area contributed by atoms with E-state index in [1.807, 2.05) is 53.2 Å². The Kier molecular flexibility index (Phi) is 5.60. The molecule has 0 bridgehead atoms. The van der Waals surface area contributed by atoms with E-state index in [0.29, 0.717) is 12.3 Å². The number of rotatable bonds is 8. The first-order chi connectivity index (χ1) is 15.6. The predicted octanol–water partition coefficient (Wildman–Crippen LogP) is 3.42. The van der Waals surface area contributed by atoms with Gasteiger partial charge in [0.15, 0.2) is 0 Å². The third-order valence-corrected chi connectivity index (χ3v) is 5.93. The van der Waals surface area contributed by atoms with Crippen molar-refractivity contribution in [2.45, 2.75) is 19.4 Å². The molecule has 1 aliphatic heterocycles. The first-order valence-electron chi connectivity index (χ1n) is 10.9.